The summed E-state index contributed by atoms with van der Waals surface area (Å²) in [5.74, 6) is 0.411. The van der Waals surface area contributed by atoms with Gasteiger partial charge >= 0.3 is 0 Å². The summed E-state index contributed by atoms with van der Waals surface area (Å²) >= 11 is 0. The van der Waals surface area contributed by atoms with Crippen molar-refractivity contribution in [2.75, 3.05) is 6.79 Å². The molecule has 0 saturated heterocycles. The Morgan fingerprint density at radius 2 is 2.00 bits per heavy atom. The fourth-order valence-electron chi connectivity index (χ4n) is 2.45. The minimum Gasteiger partial charge on any atom is -0.454 e. The Morgan fingerprint density at radius 1 is 1.28 bits per heavy atom. The fraction of sp³-hybridized carbons (Fsp3) is 0.167. The molecule has 0 radical (unpaired) electrons. The van der Waals surface area contributed by atoms with Gasteiger partial charge in [-0.3, -0.25) is 14.9 Å². The number of hydrogen-bond acceptors (Lipinski definition) is 5. The van der Waals surface area contributed by atoms with E-state index in [9.17, 15) is 14.9 Å². The predicted octanol–water partition coefficient (Wildman–Crippen LogP) is 2.96. The van der Waals surface area contributed by atoms with Gasteiger partial charge in [0.15, 0.2) is 11.5 Å². The van der Waals surface area contributed by atoms with Gasteiger partial charge in [-0.15, -0.1) is 0 Å². The molecular formula is C18H16N2O5. The summed E-state index contributed by atoms with van der Waals surface area (Å²) in [4.78, 5) is 22.7. The molecule has 2 aromatic carbocycles. The highest BCUT2D eigenvalue weighted by atomic mass is 16.7. The van der Waals surface area contributed by atoms with Crippen molar-refractivity contribution in [3.8, 4) is 11.5 Å². The van der Waals surface area contributed by atoms with Crippen molar-refractivity contribution in [3.05, 3.63) is 69.3 Å². The van der Waals surface area contributed by atoms with Gasteiger partial charge < -0.3 is 14.8 Å². The molecule has 1 N–H and O–H groups in total. The van der Waals surface area contributed by atoms with Crippen LogP contribution in [0.2, 0.25) is 0 Å². The second-order valence-electron chi connectivity index (χ2n) is 5.50. The van der Waals surface area contributed by atoms with Crippen molar-refractivity contribution in [2.45, 2.75) is 13.5 Å². The maximum atomic E-state index is 12.0. The highest BCUT2D eigenvalue weighted by molar-refractivity contribution is 5.92. The van der Waals surface area contributed by atoms with Crippen LogP contribution in [0.1, 0.15) is 16.7 Å². The first-order valence-corrected chi connectivity index (χ1v) is 7.63. The molecule has 3 rings (SSSR count). The number of nitro benzene ring substituents is 1. The highest BCUT2D eigenvalue weighted by Crippen LogP contribution is 2.38. The summed E-state index contributed by atoms with van der Waals surface area (Å²) in [5.41, 5.74) is 2.23. The summed E-state index contributed by atoms with van der Waals surface area (Å²) in [6, 6.07) is 10.5. The van der Waals surface area contributed by atoms with Gasteiger partial charge in [-0.1, -0.05) is 24.3 Å². The second-order valence-corrected chi connectivity index (χ2v) is 5.50. The lowest BCUT2D eigenvalue weighted by Gasteiger charge is -2.06. The summed E-state index contributed by atoms with van der Waals surface area (Å²) in [5, 5.41) is 13.9. The third-order valence-electron chi connectivity index (χ3n) is 3.85. The number of hydrogen-bond donors (Lipinski definition) is 1. The van der Waals surface area contributed by atoms with Crippen molar-refractivity contribution in [1.29, 1.82) is 0 Å². The van der Waals surface area contributed by atoms with E-state index >= 15 is 0 Å². The van der Waals surface area contributed by atoms with Crippen LogP contribution in [-0.4, -0.2) is 17.6 Å². The Bertz CT molecular complexity index is 861. The van der Waals surface area contributed by atoms with Gasteiger partial charge in [0, 0.05) is 12.6 Å². The predicted molar refractivity (Wildman–Crippen MR) is 91.3 cm³/mol. The maximum Gasteiger partial charge on any atom is 0.280 e. The molecule has 1 aliphatic heterocycles. The number of nitro groups is 1. The third kappa shape index (κ3) is 3.77. The van der Waals surface area contributed by atoms with Gasteiger partial charge in [-0.25, -0.2) is 0 Å². The van der Waals surface area contributed by atoms with Crippen molar-refractivity contribution in [1.82, 2.24) is 5.32 Å². The van der Waals surface area contributed by atoms with E-state index in [2.05, 4.69) is 5.32 Å². The molecule has 0 spiro atoms. The quantitative estimate of drug-likeness (QED) is 0.513. The van der Waals surface area contributed by atoms with Crippen LogP contribution in [-0.2, 0) is 11.3 Å². The normalized spacial score (nSPS) is 12.4. The van der Waals surface area contributed by atoms with Crippen LogP contribution in [0.4, 0.5) is 5.69 Å². The molecule has 0 aliphatic carbocycles. The molecule has 1 heterocycles. The Kier molecular flexibility index (Phi) is 4.65. The molecule has 0 bridgehead atoms. The average molecular weight is 340 g/mol. The SMILES string of the molecule is Cc1ccccc1CNC(=O)/C=C/c1cc2c(cc1[N+](=O)[O-])OCO2. The van der Waals surface area contributed by atoms with E-state index in [1.807, 2.05) is 31.2 Å². The summed E-state index contributed by atoms with van der Waals surface area (Å²) in [6.07, 6.45) is 2.66. The van der Waals surface area contributed by atoms with E-state index in [4.69, 9.17) is 9.47 Å². The Morgan fingerprint density at radius 3 is 2.72 bits per heavy atom. The lowest BCUT2D eigenvalue weighted by molar-refractivity contribution is -0.385. The van der Waals surface area contributed by atoms with Gasteiger partial charge in [0.05, 0.1) is 16.6 Å². The van der Waals surface area contributed by atoms with Crippen LogP contribution >= 0.6 is 0 Å². The molecule has 7 heteroatoms. The maximum absolute atomic E-state index is 12.0. The zero-order valence-corrected chi connectivity index (χ0v) is 13.5. The average Bonchev–Trinajstić information content (AvgIpc) is 3.05. The second kappa shape index (κ2) is 7.04. The van der Waals surface area contributed by atoms with Gasteiger partial charge in [0.1, 0.15) is 0 Å². The standard InChI is InChI=1S/C18H16N2O5/c1-12-4-2-3-5-14(12)10-19-18(21)7-6-13-8-16-17(25-11-24-16)9-15(13)20(22)23/h2-9H,10-11H2,1H3,(H,19,21)/b7-6+. The monoisotopic (exact) mass is 340 g/mol. The largest absolute Gasteiger partial charge is 0.454 e. The molecule has 1 aliphatic rings. The molecule has 2 aromatic rings. The highest BCUT2D eigenvalue weighted by Gasteiger charge is 2.22. The van der Waals surface area contributed by atoms with Crippen LogP contribution < -0.4 is 14.8 Å². The number of nitrogens with one attached hydrogen (secondary N) is 1. The van der Waals surface area contributed by atoms with Crippen molar-refractivity contribution in [2.24, 2.45) is 0 Å². The van der Waals surface area contributed by atoms with Gasteiger partial charge in [0.2, 0.25) is 12.7 Å². The lowest BCUT2D eigenvalue weighted by atomic mass is 10.1. The number of ether oxygens (including phenoxy) is 2. The molecule has 7 nitrogen and oxygen atoms in total. The third-order valence-corrected chi connectivity index (χ3v) is 3.85. The zero-order valence-electron chi connectivity index (χ0n) is 13.5. The molecule has 0 fully saturated rings. The molecule has 0 saturated carbocycles. The molecule has 1 amide bonds. The topological polar surface area (TPSA) is 90.7 Å². The summed E-state index contributed by atoms with van der Waals surface area (Å²) < 4.78 is 10.4. The first kappa shape index (κ1) is 16.5. The Hall–Kier alpha value is -3.35. The van der Waals surface area contributed by atoms with Crippen molar-refractivity contribution in [3.63, 3.8) is 0 Å². The first-order chi connectivity index (χ1) is 12.0. The van der Waals surface area contributed by atoms with E-state index in [1.165, 1.54) is 24.3 Å². The van der Waals surface area contributed by atoms with Crippen molar-refractivity contribution >= 4 is 17.7 Å². The molecule has 0 unspecified atom stereocenters. The van der Waals surface area contributed by atoms with E-state index in [0.29, 0.717) is 18.0 Å². The van der Waals surface area contributed by atoms with Gasteiger partial charge in [-0.2, -0.15) is 0 Å². The lowest BCUT2D eigenvalue weighted by Crippen LogP contribution is -2.20. The van der Waals surface area contributed by atoms with Crippen LogP contribution in [0.25, 0.3) is 6.08 Å². The number of amides is 1. The molecule has 0 atom stereocenters. The Labute approximate surface area is 144 Å². The van der Waals surface area contributed by atoms with E-state index in [1.54, 1.807) is 0 Å². The Balaban J connectivity index is 1.72. The zero-order chi connectivity index (χ0) is 17.8. The van der Waals surface area contributed by atoms with E-state index < -0.39 is 4.92 Å². The van der Waals surface area contributed by atoms with Crippen LogP contribution in [0, 0.1) is 17.0 Å². The first-order valence-electron chi connectivity index (χ1n) is 7.63. The molecule has 128 valence electrons. The van der Waals surface area contributed by atoms with Gasteiger partial charge in [-0.05, 0) is 30.2 Å². The van der Waals surface area contributed by atoms with E-state index in [-0.39, 0.29) is 24.0 Å². The molecule has 0 aromatic heterocycles. The molecule has 25 heavy (non-hydrogen) atoms. The minimum absolute atomic E-state index is 0.0244. The summed E-state index contributed by atoms with van der Waals surface area (Å²) in [6.45, 7) is 2.38. The van der Waals surface area contributed by atoms with Gasteiger partial charge in [0.25, 0.3) is 5.69 Å². The number of rotatable bonds is 5. The van der Waals surface area contributed by atoms with Crippen molar-refractivity contribution < 1.29 is 19.2 Å². The number of benzene rings is 2. The number of fused-ring (bicyclic) bond motifs is 1. The number of carbonyl (C=O) groups excluding carboxylic acids is 1. The molecular weight excluding hydrogens is 324 g/mol. The van der Waals surface area contributed by atoms with Crippen LogP contribution in [0.5, 0.6) is 11.5 Å². The van der Waals surface area contributed by atoms with E-state index in [0.717, 1.165) is 11.1 Å². The van der Waals surface area contributed by atoms with Crippen LogP contribution in [0.3, 0.4) is 0 Å². The summed E-state index contributed by atoms with van der Waals surface area (Å²) in [7, 11) is 0. The number of aryl methyl sites for hydroxylation is 1. The smallest absolute Gasteiger partial charge is 0.280 e. The minimum atomic E-state index is -0.521. The number of nitrogens with zero attached hydrogens (tertiary/aromatic N) is 1. The fourth-order valence-corrected chi connectivity index (χ4v) is 2.45. The van der Waals surface area contributed by atoms with Crippen LogP contribution in [0.15, 0.2) is 42.5 Å². The number of carbonyl (C=O) groups is 1.